The quantitative estimate of drug-likeness (QED) is 0.601. The van der Waals surface area contributed by atoms with Crippen molar-refractivity contribution in [1.29, 1.82) is 0 Å². The van der Waals surface area contributed by atoms with Crippen molar-refractivity contribution in [3.05, 3.63) is 35.7 Å². The Morgan fingerprint density at radius 3 is 2.74 bits per heavy atom. The standard InChI is InChI=1S/C19H26FNO2/c1-18-5-3-11(22)7-10(18)8-15(23)16-12(18)4-6-19(2)13(16)9-14(20)17(19)21/h3,5,8-9,11-13,15-17,22-23H,4,6-7,21H2,1-2H3/t11?,12-,13+,15?,16-,17?,18+,19+/m1/s1. The highest BCUT2D eigenvalue weighted by molar-refractivity contribution is 5.36. The van der Waals surface area contributed by atoms with Crippen molar-refractivity contribution in [2.24, 2.45) is 34.3 Å². The van der Waals surface area contributed by atoms with Crippen LogP contribution in [0.3, 0.4) is 0 Å². The second-order valence-corrected chi connectivity index (χ2v) is 8.38. The van der Waals surface area contributed by atoms with Gasteiger partial charge in [-0.05, 0) is 48.5 Å². The van der Waals surface area contributed by atoms with Gasteiger partial charge in [0.1, 0.15) is 5.83 Å². The van der Waals surface area contributed by atoms with Gasteiger partial charge in [-0.25, -0.2) is 4.39 Å². The van der Waals surface area contributed by atoms with Gasteiger partial charge < -0.3 is 15.9 Å². The van der Waals surface area contributed by atoms with Crippen LogP contribution in [0.1, 0.15) is 33.1 Å². The Balaban J connectivity index is 1.79. The summed E-state index contributed by atoms with van der Waals surface area (Å²) in [6.07, 6.45) is 8.88. The highest BCUT2D eigenvalue weighted by Gasteiger charge is 2.59. The molecule has 0 heterocycles. The number of halogens is 1. The highest BCUT2D eigenvalue weighted by Crippen LogP contribution is 2.63. The fraction of sp³-hybridized carbons (Fsp3) is 0.684. The van der Waals surface area contributed by atoms with E-state index < -0.39 is 18.2 Å². The number of rotatable bonds is 0. The molecule has 4 heteroatoms. The molecule has 0 bridgehead atoms. The van der Waals surface area contributed by atoms with E-state index in [2.05, 4.69) is 19.9 Å². The monoisotopic (exact) mass is 319 g/mol. The molecule has 0 aromatic heterocycles. The molecule has 4 aliphatic rings. The second-order valence-electron chi connectivity index (χ2n) is 8.38. The van der Waals surface area contributed by atoms with Gasteiger partial charge in [-0.3, -0.25) is 0 Å². The summed E-state index contributed by atoms with van der Waals surface area (Å²) in [5.41, 5.74) is 6.80. The summed E-state index contributed by atoms with van der Waals surface area (Å²) in [5.74, 6) is -0.00335. The van der Waals surface area contributed by atoms with E-state index in [4.69, 9.17) is 5.73 Å². The largest absolute Gasteiger partial charge is 0.389 e. The Morgan fingerprint density at radius 2 is 2.00 bits per heavy atom. The van der Waals surface area contributed by atoms with Crippen molar-refractivity contribution >= 4 is 0 Å². The summed E-state index contributed by atoms with van der Waals surface area (Å²) < 4.78 is 14.2. The van der Waals surface area contributed by atoms with Crippen molar-refractivity contribution in [3.63, 3.8) is 0 Å². The number of hydrogen-bond acceptors (Lipinski definition) is 3. The van der Waals surface area contributed by atoms with Crippen LogP contribution in [0, 0.1) is 28.6 Å². The Labute approximate surface area is 136 Å². The van der Waals surface area contributed by atoms with E-state index >= 15 is 0 Å². The van der Waals surface area contributed by atoms with Crippen molar-refractivity contribution in [2.75, 3.05) is 0 Å². The molecule has 1 saturated carbocycles. The maximum Gasteiger partial charge on any atom is 0.114 e. The number of allylic oxidation sites excluding steroid dienone is 2. The predicted molar refractivity (Wildman–Crippen MR) is 86.9 cm³/mol. The first-order valence-electron chi connectivity index (χ1n) is 8.67. The van der Waals surface area contributed by atoms with Crippen molar-refractivity contribution in [3.8, 4) is 0 Å². The summed E-state index contributed by atoms with van der Waals surface area (Å²) in [4.78, 5) is 0. The molecule has 4 N–H and O–H groups in total. The molecule has 0 spiro atoms. The fourth-order valence-electron chi connectivity index (χ4n) is 5.78. The minimum atomic E-state index is -0.597. The lowest BCUT2D eigenvalue weighted by molar-refractivity contribution is -0.0552. The van der Waals surface area contributed by atoms with Crippen molar-refractivity contribution in [2.45, 2.75) is 51.4 Å². The average molecular weight is 319 g/mol. The van der Waals surface area contributed by atoms with Crippen LogP contribution in [0.25, 0.3) is 0 Å². The maximum absolute atomic E-state index is 14.2. The molecule has 0 saturated heterocycles. The van der Waals surface area contributed by atoms with Crippen molar-refractivity contribution in [1.82, 2.24) is 0 Å². The van der Waals surface area contributed by atoms with Crippen LogP contribution >= 0.6 is 0 Å². The molecule has 126 valence electrons. The molecule has 0 amide bonds. The van der Waals surface area contributed by atoms with Gasteiger partial charge in [-0.1, -0.05) is 37.6 Å². The normalized spacial score (nSPS) is 54.7. The maximum atomic E-state index is 14.2. The van der Waals surface area contributed by atoms with E-state index in [1.54, 1.807) is 6.08 Å². The van der Waals surface area contributed by atoms with E-state index in [1.165, 1.54) is 0 Å². The van der Waals surface area contributed by atoms with Crippen LogP contribution in [0.15, 0.2) is 35.7 Å². The van der Waals surface area contributed by atoms with Crippen LogP contribution in [-0.2, 0) is 0 Å². The molecular weight excluding hydrogens is 293 g/mol. The molecular formula is C19H26FNO2. The van der Waals surface area contributed by atoms with Crippen LogP contribution in [0.2, 0.25) is 0 Å². The lowest BCUT2D eigenvalue weighted by atomic mass is 9.48. The first-order valence-corrected chi connectivity index (χ1v) is 8.67. The zero-order chi connectivity index (χ0) is 16.6. The molecule has 8 atom stereocenters. The fourth-order valence-corrected chi connectivity index (χ4v) is 5.78. The third-order valence-corrected chi connectivity index (χ3v) is 7.30. The van der Waals surface area contributed by atoms with Gasteiger partial charge in [0.15, 0.2) is 0 Å². The molecule has 0 aromatic carbocycles. The molecule has 0 aromatic rings. The SMILES string of the molecule is C[C@]12C=CC(O)CC1=CC(O)[C@@H]1[C@H]2CC[C@]2(C)C(N)C(F)=C[C@@H]12. The molecule has 0 radical (unpaired) electrons. The van der Waals surface area contributed by atoms with E-state index in [0.717, 1.165) is 18.4 Å². The Morgan fingerprint density at radius 1 is 1.26 bits per heavy atom. The van der Waals surface area contributed by atoms with Gasteiger partial charge in [0.25, 0.3) is 0 Å². The molecule has 0 aliphatic heterocycles. The molecule has 4 aliphatic carbocycles. The van der Waals surface area contributed by atoms with Crippen LogP contribution in [0.4, 0.5) is 4.39 Å². The third-order valence-electron chi connectivity index (χ3n) is 7.30. The number of aliphatic hydroxyl groups is 2. The van der Waals surface area contributed by atoms with Gasteiger partial charge in [0, 0.05) is 5.41 Å². The third kappa shape index (κ3) is 1.92. The Bertz CT molecular complexity index is 627. The van der Waals surface area contributed by atoms with Gasteiger partial charge in [-0.15, -0.1) is 0 Å². The Kier molecular flexibility index (Phi) is 3.23. The van der Waals surface area contributed by atoms with E-state index in [-0.39, 0.29) is 34.4 Å². The van der Waals surface area contributed by atoms with Gasteiger partial charge in [0.2, 0.25) is 0 Å². The van der Waals surface area contributed by atoms with Gasteiger partial charge in [0.05, 0.1) is 18.2 Å². The minimum Gasteiger partial charge on any atom is -0.389 e. The zero-order valence-corrected chi connectivity index (χ0v) is 13.7. The van der Waals surface area contributed by atoms with Gasteiger partial charge in [-0.2, -0.15) is 0 Å². The van der Waals surface area contributed by atoms with E-state index in [0.29, 0.717) is 6.42 Å². The smallest absolute Gasteiger partial charge is 0.114 e. The summed E-state index contributed by atoms with van der Waals surface area (Å²) >= 11 is 0. The zero-order valence-electron chi connectivity index (χ0n) is 13.7. The first-order chi connectivity index (χ1) is 10.8. The number of nitrogens with two attached hydrogens (primary N) is 1. The lowest BCUT2D eigenvalue weighted by Crippen LogP contribution is -2.55. The van der Waals surface area contributed by atoms with E-state index in [1.807, 2.05) is 12.2 Å². The van der Waals surface area contributed by atoms with Crippen LogP contribution in [0.5, 0.6) is 0 Å². The predicted octanol–water partition coefficient (Wildman–Crippen LogP) is 2.46. The molecule has 3 nitrogen and oxygen atoms in total. The van der Waals surface area contributed by atoms with E-state index in [9.17, 15) is 14.6 Å². The summed E-state index contributed by atoms with van der Waals surface area (Å²) in [6.45, 7) is 4.26. The molecule has 4 rings (SSSR count). The molecule has 23 heavy (non-hydrogen) atoms. The summed E-state index contributed by atoms with van der Waals surface area (Å²) in [6, 6.07) is -0.553. The highest BCUT2D eigenvalue weighted by atomic mass is 19.1. The van der Waals surface area contributed by atoms with Crippen molar-refractivity contribution < 1.29 is 14.6 Å². The topological polar surface area (TPSA) is 66.5 Å². The first kappa shape index (κ1) is 15.6. The number of fused-ring (bicyclic) bond motifs is 5. The summed E-state index contributed by atoms with van der Waals surface area (Å²) in [5, 5.41) is 20.7. The average Bonchev–Trinajstić information content (AvgIpc) is 2.73. The number of hydrogen-bond donors (Lipinski definition) is 3. The van der Waals surface area contributed by atoms with Crippen LogP contribution in [-0.4, -0.2) is 28.5 Å². The molecule has 3 unspecified atom stereocenters. The minimum absolute atomic E-state index is 0.0123. The Hall–Kier alpha value is -0.970. The van der Waals surface area contributed by atoms with Gasteiger partial charge >= 0.3 is 0 Å². The lowest BCUT2D eigenvalue weighted by Gasteiger charge is -2.57. The molecule has 1 fully saturated rings. The summed E-state index contributed by atoms with van der Waals surface area (Å²) in [7, 11) is 0. The second kappa shape index (κ2) is 4.78. The van der Waals surface area contributed by atoms with Crippen LogP contribution < -0.4 is 5.73 Å². The number of aliphatic hydroxyl groups excluding tert-OH is 2.